The van der Waals surface area contributed by atoms with Crippen LogP contribution in [0.4, 0.5) is 23.7 Å². The summed E-state index contributed by atoms with van der Waals surface area (Å²) in [6.07, 6.45) is -4.46. The van der Waals surface area contributed by atoms with Gasteiger partial charge in [0, 0.05) is 12.1 Å². The molecular weight excluding hydrogens is 285 g/mol. The summed E-state index contributed by atoms with van der Waals surface area (Å²) < 4.78 is 42.7. The first-order valence-electron chi connectivity index (χ1n) is 6.58. The Hall–Kier alpha value is -1.76. The number of aryl methyl sites for hydroxylation is 1. The summed E-state index contributed by atoms with van der Waals surface area (Å²) >= 11 is 0. The Labute approximate surface area is 120 Å². The molecule has 0 saturated carbocycles. The maximum atomic E-state index is 12.5. The monoisotopic (exact) mass is 302 g/mol. The molecule has 0 bridgehead atoms. The molecule has 1 aliphatic heterocycles. The first-order chi connectivity index (χ1) is 9.67. The number of ether oxygens (including phenoxy) is 1. The molecule has 0 fully saturated rings. The molecule has 1 aromatic rings. The van der Waals surface area contributed by atoms with Crippen LogP contribution in [0.25, 0.3) is 0 Å². The van der Waals surface area contributed by atoms with Crippen LogP contribution >= 0.6 is 0 Å². The molecule has 116 valence electrons. The minimum atomic E-state index is -4.46. The molecule has 1 unspecified atom stereocenters. The van der Waals surface area contributed by atoms with Crippen LogP contribution < -0.4 is 5.32 Å². The molecule has 21 heavy (non-hydrogen) atoms. The van der Waals surface area contributed by atoms with Gasteiger partial charge in [0.2, 0.25) is 0 Å². The summed E-state index contributed by atoms with van der Waals surface area (Å²) in [5.41, 5.74) is 0.421. The fraction of sp³-hybridized carbons (Fsp3) is 0.500. The van der Waals surface area contributed by atoms with Gasteiger partial charge < -0.3 is 10.1 Å². The Bertz CT molecular complexity index is 560. The van der Waals surface area contributed by atoms with Crippen molar-refractivity contribution in [2.24, 2.45) is 0 Å². The Kier molecular flexibility index (Phi) is 3.88. The molecule has 0 aliphatic carbocycles. The van der Waals surface area contributed by atoms with E-state index < -0.39 is 24.5 Å². The number of amides is 2. The molecule has 0 aromatic heterocycles. The van der Waals surface area contributed by atoms with E-state index in [0.717, 1.165) is 5.56 Å². The predicted octanol–water partition coefficient (Wildman–Crippen LogP) is 3.61. The van der Waals surface area contributed by atoms with Crippen molar-refractivity contribution in [3.05, 3.63) is 29.3 Å². The van der Waals surface area contributed by atoms with Gasteiger partial charge in [0.1, 0.15) is 6.61 Å². The number of nitrogens with zero attached hydrogens (tertiary/aromatic N) is 1. The van der Waals surface area contributed by atoms with Gasteiger partial charge >= 0.3 is 12.2 Å². The van der Waals surface area contributed by atoms with Crippen molar-refractivity contribution in [2.75, 3.05) is 18.5 Å². The van der Waals surface area contributed by atoms with Crippen molar-refractivity contribution < 1.29 is 22.7 Å². The van der Waals surface area contributed by atoms with E-state index in [1.165, 1.54) is 11.8 Å². The zero-order chi connectivity index (χ0) is 15.8. The molecule has 0 radical (unpaired) electrons. The molecular formula is C14H17F3N2O2. The van der Waals surface area contributed by atoms with Gasteiger partial charge in [0.05, 0.1) is 5.69 Å². The molecule has 0 saturated heterocycles. The number of anilines is 1. The lowest BCUT2D eigenvalue weighted by Gasteiger charge is -2.45. The first kappa shape index (κ1) is 15.6. The van der Waals surface area contributed by atoms with Crippen LogP contribution in [-0.4, -0.2) is 30.3 Å². The molecule has 1 heterocycles. The van der Waals surface area contributed by atoms with Crippen LogP contribution in [0.2, 0.25) is 0 Å². The third kappa shape index (κ3) is 2.97. The van der Waals surface area contributed by atoms with Crippen molar-refractivity contribution in [1.82, 2.24) is 4.90 Å². The maximum Gasteiger partial charge on any atom is 0.411 e. The molecule has 1 aromatic carbocycles. The zero-order valence-corrected chi connectivity index (χ0v) is 12.0. The fourth-order valence-corrected chi connectivity index (χ4v) is 2.50. The van der Waals surface area contributed by atoms with Gasteiger partial charge in [0.25, 0.3) is 0 Å². The average molecular weight is 302 g/mol. The van der Waals surface area contributed by atoms with Gasteiger partial charge in [-0.25, -0.2) is 4.79 Å². The number of alkyl halides is 3. The van der Waals surface area contributed by atoms with Gasteiger partial charge in [-0.2, -0.15) is 13.2 Å². The summed E-state index contributed by atoms with van der Waals surface area (Å²) in [7, 11) is 0. The second-order valence-corrected chi connectivity index (χ2v) is 5.11. The minimum Gasteiger partial charge on any atom is -0.342 e. The van der Waals surface area contributed by atoms with Crippen molar-refractivity contribution >= 4 is 11.7 Å². The molecule has 2 rings (SSSR count). The highest BCUT2D eigenvalue weighted by Gasteiger charge is 2.45. The second kappa shape index (κ2) is 5.22. The summed E-state index contributed by atoms with van der Waals surface area (Å²) in [5, 5.41) is 2.67. The molecule has 7 heteroatoms. The average Bonchev–Trinajstić information content (AvgIpc) is 2.37. The second-order valence-electron chi connectivity index (χ2n) is 5.11. The molecule has 1 atom stereocenters. The summed E-state index contributed by atoms with van der Waals surface area (Å²) in [6.45, 7) is 3.82. The van der Waals surface area contributed by atoms with Gasteiger partial charge in [0.15, 0.2) is 5.72 Å². The first-order valence-corrected chi connectivity index (χ1v) is 6.58. The number of hydrogen-bond donors (Lipinski definition) is 1. The lowest BCUT2D eigenvalue weighted by molar-refractivity contribution is -0.230. The van der Waals surface area contributed by atoms with E-state index in [9.17, 15) is 18.0 Å². The van der Waals surface area contributed by atoms with E-state index in [-0.39, 0.29) is 6.54 Å². The lowest BCUT2D eigenvalue weighted by Crippen LogP contribution is -2.55. The summed E-state index contributed by atoms with van der Waals surface area (Å²) in [5.74, 6) is 0. The molecule has 2 amide bonds. The fourth-order valence-electron chi connectivity index (χ4n) is 2.50. The molecule has 1 aliphatic rings. The van der Waals surface area contributed by atoms with Gasteiger partial charge in [-0.05, 0) is 32.9 Å². The molecule has 0 spiro atoms. The zero-order valence-electron chi connectivity index (χ0n) is 12.0. The Morgan fingerprint density at radius 1 is 1.38 bits per heavy atom. The number of rotatable bonds is 3. The number of carbonyl (C=O) groups is 1. The SMILES string of the molecule is CCN1C(=O)Nc2ccc(C)cc2C1(C)OCC(F)(F)F. The van der Waals surface area contributed by atoms with Crippen molar-refractivity contribution in [2.45, 2.75) is 32.7 Å². The van der Waals surface area contributed by atoms with Crippen molar-refractivity contribution in [3.63, 3.8) is 0 Å². The minimum absolute atomic E-state index is 0.230. The normalized spacial score (nSPS) is 22.0. The Balaban J connectivity index is 2.47. The van der Waals surface area contributed by atoms with E-state index in [4.69, 9.17) is 4.74 Å². The van der Waals surface area contributed by atoms with Crippen LogP contribution in [0.1, 0.15) is 25.0 Å². The summed E-state index contributed by atoms with van der Waals surface area (Å²) in [4.78, 5) is 13.3. The van der Waals surface area contributed by atoms with E-state index >= 15 is 0 Å². The van der Waals surface area contributed by atoms with E-state index in [2.05, 4.69) is 5.32 Å². The maximum absolute atomic E-state index is 12.5. The van der Waals surface area contributed by atoms with Crippen LogP contribution in [0.15, 0.2) is 18.2 Å². The van der Waals surface area contributed by atoms with E-state index in [1.54, 1.807) is 25.1 Å². The topological polar surface area (TPSA) is 41.6 Å². The largest absolute Gasteiger partial charge is 0.411 e. The van der Waals surface area contributed by atoms with Crippen LogP contribution in [0, 0.1) is 6.92 Å². The van der Waals surface area contributed by atoms with Crippen LogP contribution in [0.3, 0.4) is 0 Å². The number of nitrogens with one attached hydrogen (secondary N) is 1. The Morgan fingerprint density at radius 3 is 2.62 bits per heavy atom. The van der Waals surface area contributed by atoms with E-state index in [1.807, 2.05) is 6.92 Å². The van der Waals surface area contributed by atoms with Gasteiger partial charge in [-0.3, -0.25) is 4.90 Å². The highest BCUT2D eigenvalue weighted by molar-refractivity contribution is 5.93. The number of halogens is 3. The predicted molar refractivity (Wildman–Crippen MR) is 71.9 cm³/mol. The van der Waals surface area contributed by atoms with Gasteiger partial charge in [-0.15, -0.1) is 0 Å². The highest BCUT2D eigenvalue weighted by Crippen LogP contribution is 2.40. The Morgan fingerprint density at radius 2 is 2.05 bits per heavy atom. The number of hydrogen-bond acceptors (Lipinski definition) is 2. The highest BCUT2D eigenvalue weighted by atomic mass is 19.4. The third-order valence-corrected chi connectivity index (χ3v) is 3.51. The lowest BCUT2D eigenvalue weighted by atomic mass is 9.96. The third-order valence-electron chi connectivity index (χ3n) is 3.51. The van der Waals surface area contributed by atoms with Gasteiger partial charge in [-0.1, -0.05) is 11.6 Å². The summed E-state index contributed by atoms with van der Waals surface area (Å²) in [6, 6.07) is 4.71. The number of benzene rings is 1. The number of carbonyl (C=O) groups excluding carboxylic acids is 1. The number of urea groups is 1. The number of fused-ring (bicyclic) bond motifs is 1. The van der Waals surface area contributed by atoms with Crippen LogP contribution in [0.5, 0.6) is 0 Å². The van der Waals surface area contributed by atoms with Crippen LogP contribution in [-0.2, 0) is 10.5 Å². The molecule has 4 nitrogen and oxygen atoms in total. The van der Waals surface area contributed by atoms with E-state index in [0.29, 0.717) is 11.3 Å². The standard InChI is InChI=1S/C14H17F3N2O2/c1-4-19-12(20)18-11-6-5-9(2)7-10(11)13(19,3)21-8-14(15,16)17/h5-7H,4,8H2,1-3H3,(H,18,20). The quantitative estimate of drug-likeness (QED) is 0.926. The molecule has 1 N–H and O–H groups in total. The van der Waals surface area contributed by atoms with Crippen molar-refractivity contribution in [1.29, 1.82) is 0 Å². The smallest absolute Gasteiger partial charge is 0.342 e. The van der Waals surface area contributed by atoms with Crippen molar-refractivity contribution in [3.8, 4) is 0 Å².